The summed E-state index contributed by atoms with van der Waals surface area (Å²) in [6.07, 6.45) is 0. The second-order valence-electron chi connectivity index (χ2n) is 6.63. The maximum Gasteiger partial charge on any atom is 0.420 e. The van der Waals surface area contributed by atoms with Gasteiger partial charge in [0, 0.05) is 18.4 Å². The molecule has 0 radical (unpaired) electrons. The lowest BCUT2D eigenvalue weighted by Crippen LogP contribution is -2.24. The molecule has 1 aromatic carbocycles. The highest BCUT2D eigenvalue weighted by molar-refractivity contribution is 7.14. The first kappa shape index (κ1) is 21.0. The Bertz CT molecular complexity index is 1400. The highest BCUT2D eigenvalue weighted by atomic mass is 32.1. The molecule has 164 valence electrons. The molecule has 0 aliphatic heterocycles. The van der Waals surface area contributed by atoms with Crippen LogP contribution in [0.1, 0.15) is 12.7 Å². The first-order chi connectivity index (χ1) is 15.3. The molecular weight excluding hydrogens is 442 g/mol. The Labute approximate surface area is 182 Å². The van der Waals surface area contributed by atoms with Crippen LogP contribution < -0.4 is 16.4 Å². The number of amides is 2. The number of hydrogen-bond donors (Lipinski definition) is 2. The van der Waals surface area contributed by atoms with Gasteiger partial charge in [-0.1, -0.05) is 0 Å². The van der Waals surface area contributed by atoms with Crippen LogP contribution in [0.5, 0.6) is 0 Å². The minimum Gasteiger partial charge on any atom is -0.458 e. The Morgan fingerprint density at radius 3 is 2.81 bits per heavy atom. The van der Waals surface area contributed by atoms with E-state index >= 15 is 0 Å². The normalized spacial score (nSPS) is 10.9. The van der Waals surface area contributed by atoms with Crippen molar-refractivity contribution in [1.82, 2.24) is 14.9 Å². The maximum atomic E-state index is 12.4. The highest BCUT2D eigenvalue weighted by Crippen LogP contribution is 2.27. The number of carbonyl (C=O) groups excluding carboxylic acids is 2. The summed E-state index contributed by atoms with van der Waals surface area (Å²) in [5, 5.41) is 18.1. The van der Waals surface area contributed by atoms with Crippen molar-refractivity contribution in [2.75, 3.05) is 5.32 Å². The molecular formula is C19H15N5O7S. The third-order valence-corrected chi connectivity index (χ3v) is 5.10. The molecule has 3 heterocycles. The van der Waals surface area contributed by atoms with E-state index in [0.29, 0.717) is 22.3 Å². The van der Waals surface area contributed by atoms with Crippen LogP contribution in [-0.2, 0) is 22.7 Å². The maximum absolute atomic E-state index is 12.4. The van der Waals surface area contributed by atoms with Gasteiger partial charge in [-0.25, -0.2) is 9.78 Å². The Hall–Kier alpha value is -4.26. The standard InChI is InChI=1S/C19H15N5O7S/c1-10(25)20-7-12-3-5-15(30-12)13-9-32-18(21-13)22-17(26)8-23-14-4-2-11(24(28)29)6-16(14)31-19(23)27/h2-6,9H,7-8H2,1H3,(H,20,25)(H,21,22,26). The summed E-state index contributed by atoms with van der Waals surface area (Å²) < 4.78 is 11.7. The number of oxazole rings is 1. The van der Waals surface area contributed by atoms with E-state index in [-0.39, 0.29) is 35.8 Å². The molecule has 0 saturated heterocycles. The fourth-order valence-electron chi connectivity index (χ4n) is 2.89. The molecule has 0 aliphatic carbocycles. The number of thiazole rings is 1. The number of benzene rings is 1. The number of non-ortho nitro benzene ring substituents is 1. The minimum absolute atomic E-state index is 0.0152. The van der Waals surface area contributed by atoms with Gasteiger partial charge in [-0.3, -0.25) is 24.3 Å². The molecule has 3 aromatic heterocycles. The van der Waals surface area contributed by atoms with Gasteiger partial charge in [0.1, 0.15) is 18.0 Å². The number of rotatable bonds is 7. The van der Waals surface area contributed by atoms with E-state index in [9.17, 15) is 24.5 Å². The number of nitrogens with one attached hydrogen (secondary N) is 2. The number of nitrogens with zero attached hydrogens (tertiary/aromatic N) is 3. The second-order valence-corrected chi connectivity index (χ2v) is 7.48. The number of hydrogen-bond acceptors (Lipinski definition) is 9. The number of nitro benzene ring substituents is 1. The van der Waals surface area contributed by atoms with Gasteiger partial charge in [-0.15, -0.1) is 11.3 Å². The van der Waals surface area contributed by atoms with Gasteiger partial charge in [0.05, 0.1) is 23.1 Å². The van der Waals surface area contributed by atoms with E-state index in [1.807, 2.05) is 0 Å². The quantitative estimate of drug-likeness (QED) is 0.316. The van der Waals surface area contributed by atoms with Crippen LogP contribution in [0.25, 0.3) is 22.6 Å². The van der Waals surface area contributed by atoms with Crippen molar-refractivity contribution in [3.05, 3.63) is 62.1 Å². The van der Waals surface area contributed by atoms with E-state index in [4.69, 9.17) is 8.83 Å². The lowest BCUT2D eigenvalue weighted by Gasteiger charge is -2.02. The molecule has 0 fully saturated rings. The monoisotopic (exact) mass is 457 g/mol. The molecule has 0 atom stereocenters. The zero-order valence-electron chi connectivity index (χ0n) is 16.5. The Kier molecular flexibility index (Phi) is 5.55. The van der Waals surface area contributed by atoms with Crippen LogP contribution in [0.3, 0.4) is 0 Å². The van der Waals surface area contributed by atoms with Gasteiger partial charge in [0.15, 0.2) is 16.5 Å². The third-order valence-electron chi connectivity index (χ3n) is 4.34. The van der Waals surface area contributed by atoms with Crippen molar-refractivity contribution >= 4 is 45.1 Å². The van der Waals surface area contributed by atoms with Gasteiger partial charge in [-0.2, -0.15) is 0 Å². The number of nitro groups is 1. The van der Waals surface area contributed by atoms with Crippen LogP contribution in [0.15, 0.2) is 49.3 Å². The largest absolute Gasteiger partial charge is 0.458 e. The lowest BCUT2D eigenvalue weighted by atomic mass is 10.3. The van der Waals surface area contributed by atoms with Gasteiger partial charge in [-0.05, 0) is 18.2 Å². The summed E-state index contributed by atoms with van der Waals surface area (Å²) in [6.45, 7) is 1.29. The van der Waals surface area contributed by atoms with Crippen molar-refractivity contribution < 1.29 is 23.3 Å². The molecule has 0 unspecified atom stereocenters. The summed E-state index contributed by atoms with van der Waals surface area (Å²) in [5.74, 6) is -0.483. The van der Waals surface area contributed by atoms with Crippen molar-refractivity contribution in [2.45, 2.75) is 20.0 Å². The summed E-state index contributed by atoms with van der Waals surface area (Å²) >= 11 is 1.17. The first-order valence-corrected chi connectivity index (χ1v) is 10.0. The molecule has 0 aliphatic rings. The fraction of sp³-hybridized carbons (Fsp3) is 0.158. The average molecular weight is 457 g/mol. The highest BCUT2D eigenvalue weighted by Gasteiger charge is 2.17. The van der Waals surface area contributed by atoms with Gasteiger partial charge in [0.2, 0.25) is 11.8 Å². The number of aromatic nitrogens is 2. The van der Waals surface area contributed by atoms with Gasteiger partial charge >= 0.3 is 5.76 Å². The zero-order chi connectivity index (χ0) is 22.8. The Morgan fingerprint density at radius 2 is 2.06 bits per heavy atom. The fourth-order valence-corrected chi connectivity index (χ4v) is 3.60. The number of fused-ring (bicyclic) bond motifs is 1. The minimum atomic E-state index is -0.808. The number of anilines is 1. The molecule has 2 amide bonds. The van der Waals surface area contributed by atoms with Crippen LogP contribution in [0.2, 0.25) is 0 Å². The number of carbonyl (C=O) groups is 2. The number of furan rings is 1. The van der Waals surface area contributed by atoms with Gasteiger partial charge in [0.25, 0.3) is 5.69 Å². The summed E-state index contributed by atoms with van der Waals surface area (Å²) in [6, 6.07) is 7.12. The molecule has 4 rings (SSSR count). The van der Waals surface area contributed by atoms with Gasteiger partial charge < -0.3 is 19.5 Å². The van der Waals surface area contributed by atoms with Crippen LogP contribution in [-0.4, -0.2) is 26.3 Å². The van der Waals surface area contributed by atoms with Crippen molar-refractivity contribution in [2.24, 2.45) is 0 Å². The topological polar surface area (TPSA) is 163 Å². The predicted molar refractivity (Wildman–Crippen MR) is 113 cm³/mol. The molecule has 0 saturated carbocycles. The Morgan fingerprint density at radius 1 is 1.25 bits per heavy atom. The van der Waals surface area contributed by atoms with Crippen molar-refractivity contribution in [1.29, 1.82) is 0 Å². The summed E-state index contributed by atoms with van der Waals surface area (Å²) in [7, 11) is 0. The van der Waals surface area contributed by atoms with E-state index in [0.717, 1.165) is 10.6 Å². The van der Waals surface area contributed by atoms with Crippen LogP contribution in [0.4, 0.5) is 10.8 Å². The molecule has 0 bridgehead atoms. The summed E-state index contributed by atoms with van der Waals surface area (Å²) in [5.41, 5.74) is 0.549. The molecule has 12 nitrogen and oxygen atoms in total. The lowest BCUT2D eigenvalue weighted by molar-refractivity contribution is -0.384. The van der Waals surface area contributed by atoms with E-state index in [1.165, 1.54) is 30.4 Å². The third kappa shape index (κ3) is 4.41. The smallest absolute Gasteiger partial charge is 0.420 e. The molecule has 0 spiro atoms. The zero-order valence-corrected chi connectivity index (χ0v) is 17.3. The Balaban J connectivity index is 1.45. The van der Waals surface area contributed by atoms with Crippen molar-refractivity contribution in [3.8, 4) is 11.5 Å². The van der Waals surface area contributed by atoms with Crippen molar-refractivity contribution in [3.63, 3.8) is 0 Å². The SMILES string of the molecule is CC(=O)NCc1ccc(-c2csc(NC(=O)Cn3c(=O)oc4cc([N+](=O)[O-])ccc43)n2)o1. The first-order valence-electron chi connectivity index (χ1n) is 9.17. The van der Waals surface area contributed by atoms with E-state index < -0.39 is 16.6 Å². The van der Waals surface area contributed by atoms with E-state index in [1.54, 1.807) is 17.5 Å². The average Bonchev–Trinajstić information content (AvgIpc) is 3.45. The van der Waals surface area contributed by atoms with E-state index in [2.05, 4.69) is 15.6 Å². The second kappa shape index (κ2) is 8.47. The summed E-state index contributed by atoms with van der Waals surface area (Å²) in [4.78, 5) is 50.1. The van der Waals surface area contributed by atoms with Crippen LogP contribution >= 0.6 is 11.3 Å². The molecule has 13 heteroatoms. The predicted octanol–water partition coefficient (Wildman–Crippen LogP) is 2.49. The van der Waals surface area contributed by atoms with Crippen LogP contribution in [0, 0.1) is 10.1 Å². The molecule has 32 heavy (non-hydrogen) atoms. The molecule has 4 aromatic rings. The molecule has 2 N–H and O–H groups in total.